The number of hydrogen-bond acceptors (Lipinski definition) is 1. The van der Waals surface area contributed by atoms with E-state index in [-0.39, 0.29) is 0 Å². The zero-order chi connectivity index (χ0) is 21.3. The number of rotatable bonds is 11. The van der Waals surface area contributed by atoms with E-state index in [1.807, 2.05) is 7.11 Å². The van der Waals surface area contributed by atoms with Gasteiger partial charge in [-0.1, -0.05) is 0 Å². The van der Waals surface area contributed by atoms with Gasteiger partial charge in [0.1, 0.15) is 0 Å². The molecule has 0 saturated heterocycles. The third kappa shape index (κ3) is 4.82. The first-order valence-corrected chi connectivity index (χ1v) is 16.3. The molecule has 0 aliphatic rings. The molecule has 3 rings (SSSR count). The Bertz CT molecular complexity index is 783. The van der Waals surface area contributed by atoms with E-state index >= 15 is 0 Å². The van der Waals surface area contributed by atoms with Gasteiger partial charge in [-0.15, -0.1) is 0 Å². The van der Waals surface area contributed by atoms with E-state index in [4.69, 9.17) is 4.74 Å². The number of benzene rings is 3. The Morgan fingerprint density at radius 3 is 1.50 bits per heavy atom. The van der Waals surface area contributed by atoms with Gasteiger partial charge in [-0.25, -0.2) is 0 Å². The van der Waals surface area contributed by atoms with Crippen molar-refractivity contribution in [3.63, 3.8) is 0 Å². The fourth-order valence-electron chi connectivity index (χ4n) is 4.44. The van der Waals surface area contributed by atoms with Crippen molar-refractivity contribution in [2.45, 2.75) is 45.1 Å². The Morgan fingerprint density at radius 2 is 1.13 bits per heavy atom. The Hall–Kier alpha value is -1.22. The summed E-state index contributed by atoms with van der Waals surface area (Å²) in [6, 6.07) is 33.5. The van der Waals surface area contributed by atoms with Crippen LogP contribution in [-0.2, 0) is 4.74 Å². The molecule has 0 amide bonds. The van der Waals surface area contributed by atoms with Crippen LogP contribution in [0.4, 0.5) is 0 Å². The molecule has 3 aromatic carbocycles. The van der Waals surface area contributed by atoms with Crippen molar-refractivity contribution in [3.8, 4) is 0 Å². The molecule has 0 aromatic heterocycles. The van der Waals surface area contributed by atoms with Gasteiger partial charge in [-0.3, -0.25) is 0 Å². The quantitative estimate of drug-likeness (QED) is 0.149. The predicted octanol–water partition coefficient (Wildman–Crippen LogP) is 6.85. The number of unbranched alkanes of at least 4 members (excludes halogenated alkanes) is 2. The summed E-state index contributed by atoms with van der Waals surface area (Å²) in [4.78, 5) is 0. The molecule has 0 saturated carbocycles. The summed E-state index contributed by atoms with van der Waals surface area (Å²) >= 11 is 2.88. The van der Waals surface area contributed by atoms with E-state index in [2.05, 4.69) is 120 Å². The van der Waals surface area contributed by atoms with Crippen molar-refractivity contribution in [2.24, 2.45) is 0 Å². The first-order valence-electron chi connectivity index (χ1n) is 11.1. The Balaban J connectivity index is 2.12. The van der Waals surface area contributed by atoms with Gasteiger partial charge in [0.05, 0.1) is 0 Å². The maximum atomic E-state index is 5.96. The van der Waals surface area contributed by atoms with Crippen LogP contribution in [-0.4, -0.2) is 19.4 Å². The van der Waals surface area contributed by atoms with Crippen molar-refractivity contribution in [3.05, 3.63) is 91.0 Å². The third-order valence-corrected chi connectivity index (χ3v) is 17.9. The summed E-state index contributed by atoms with van der Waals surface area (Å²) in [7, 11) is 1.88. The molecule has 1 unspecified atom stereocenters. The second-order valence-electron chi connectivity index (χ2n) is 8.06. The van der Waals surface area contributed by atoms with Crippen LogP contribution >= 0.6 is 26.3 Å². The SMILES string of the molecule is CCCCCC(CCP(I)(c1ccccc1)(c1ccccc1)c1ccccc1)OC. The summed E-state index contributed by atoms with van der Waals surface area (Å²) in [5, 5.41) is 4.35. The fraction of sp³-hybridized carbons (Fsp3) is 0.333. The van der Waals surface area contributed by atoms with Crippen LogP contribution in [0.5, 0.6) is 0 Å². The van der Waals surface area contributed by atoms with Crippen LogP contribution in [0, 0.1) is 0 Å². The number of hydrogen-bond donors (Lipinski definition) is 0. The van der Waals surface area contributed by atoms with Crippen LogP contribution < -0.4 is 15.9 Å². The van der Waals surface area contributed by atoms with Gasteiger partial charge < -0.3 is 0 Å². The molecule has 1 atom stereocenters. The van der Waals surface area contributed by atoms with Crippen molar-refractivity contribution in [2.75, 3.05) is 13.3 Å². The third-order valence-electron chi connectivity index (χ3n) is 6.22. The fourth-order valence-corrected chi connectivity index (χ4v) is 13.0. The molecule has 30 heavy (non-hydrogen) atoms. The molecule has 0 aliphatic heterocycles. The van der Waals surface area contributed by atoms with Crippen molar-refractivity contribution in [1.82, 2.24) is 0 Å². The van der Waals surface area contributed by atoms with Crippen molar-refractivity contribution in [1.29, 1.82) is 0 Å². The molecule has 0 bridgehead atoms. The van der Waals surface area contributed by atoms with Crippen LogP contribution in [0.2, 0.25) is 0 Å². The molecule has 0 spiro atoms. The molecule has 3 heteroatoms. The normalized spacial score (nSPS) is 14.0. The minimum absolute atomic E-state index is 0.309. The van der Waals surface area contributed by atoms with Crippen LogP contribution in [0.1, 0.15) is 39.0 Å². The molecule has 0 radical (unpaired) electrons. The van der Waals surface area contributed by atoms with Gasteiger partial charge >= 0.3 is 196 Å². The Labute approximate surface area is 195 Å². The van der Waals surface area contributed by atoms with Crippen LogP contribution in [0.3, 0.4) is 0 Å². The van der Waals surface area contributed by atoms with Gasteiger partial charge in [0, 0.05) is 0 Å². The predicted molar refractivity (Wildman–Crippen MR) is 144 cm³/mol. The van der Waals surface area contributed by atoms with Crippen molar-refractivity contribution >= 4 is 42.2 Å². The van der Waals surface area contributed by atoms with Gasteiger partial charge in [0.25, 0.3) is 0 Å². The van der Waals surface area contributed by atoms with E-state index in [0.717, 1.165) is 19.0 Å². The average molecular weight is 532 g/mol. The molecular weight excluding hydrogens is 498 g/mol. The van der Waals surface area contributed by atoms with E-state index in [0.29, 0.717) is 6.10 Å². The summed E-state index contributed by atoms with van der Waals surface area (Å²) in [5.74, 6) is 0. The second-order valence-corrected chi connectivity index (χ2v) is 18.8. The molecule has 0 heterocycles. The molecule has 1 nitrogen and oxygen atoms in total. The van der Waals surface area contributed by atoms with Crippen LogP contribution in [0.25, 0.3) is 0 Å². The Morgan fingerprint density at radius 1 is 0.700 bits per heavy atom. The molecule has 160 valence electrons. The molecular formula is C27H34IOP. The minimum atomic E-state index is -2.68. The van der Waals surface area contributed by atoms with Gasteiger partial charge in [-0.2, -0.15) is 0 Å². The summed E-state index contributed by atoms with van der Waals surface area (Å²) < 4.78 is 3.29. The zero-order valence-electron chi connectivity index (χ0n) is 18.2. The summed E-state index contributed by atoms with van der Waals surface area (Å²) in [6.07, 6.45) is 7.40. The van der Waals surface area contributed by atoms with E-state index < -0.39 is 4.25 Å². The molecule has 0 fully saturated rings. The Kier molecular flexibility index (Phi) is 8.51. The first kappa shape index (κ1) is 23.4. The summed E-state index contributed by atoms with van der Waals surface area (Å²) in [5.41, 5.74) is 0. The maximum absolute atomic E-state index is 5.96. The zero-order valence-corrected chi connectivity index (χ0v) is 21.3. The molecule has 3 aromatic rings. The summed E-state index contributed by atoms with van der Waals surface area (Å²) in [6.45, 7) is 2.26. The monoisotopic (exact) mass is 532 g/mol. The second kappa shape index (κ2) is 10.9. The van der Waals surface area contributed by atoms with Gasteiger partial charge in [-0.05, 0) is 0 Å². The van der Waals surface area contributed by atoms with E-state index in [1.165, 1.54) is 35.2 Å². The first-order chi connectivity index (χ1) is 14.6. The standard InChI is InChI=1S/C27H34IOP/c1-3-4-8-15-24(29-2)22-23-30(28,25-16-9-5-10-17-25,26-18-11-6-12-19-26)27-20-13-7-14-21-27/h5-7,9-14,16-21,24H,3-4,8,15,22-23H2,1-2H3. The van der Waals surface area contributed by atoms with E-state index in [1.54, 1.807) is 0 Å². The number of ether oxygens (including phenoxy) is 1. The van der Waals surface area contributed by atoms with Gasteiger partial charge in [0.2, 0.25) is 0 Å². The number of halogens is 1. The van der Waals surface area contributed by atoms with Gasteiger partial charge in [0.15, 0.2) is 0 Å². The average Bonchev–Trinajstić information content (AvgIpc) is 2.83. The number of methoxy groups -OCH3 is 1. The van der Waals surface area contributed by atoms with Crippen molar-refractivity contribution < 1.29 is 4.74 Å². The van der Waals surface area contributed by atoms with E-state index in [9.17, 15) is 0 Å². The van der Waals surface area contributed by atoms with Crippen LogP contribution in [0.15, 0.2) is 91.0 Å². The topological polar surface area (TPSA) is 9.23 Å². The molecule has 0 aliphatic carbocycles. The molecule has 0 N–H and O–H groups in total.